The lowest BCUT2D eigenvalue weighted by atomic mass is 9.86. The highest BCUT2D eigenvalue weighted by Crippen LogP contribution is 2.42. The van der Waals surface area contributed by atoms with Gasteiger partial charge in [0.2, 0.25) is 5.91 Å². The van der Waals surface area contributed by atoms with E-state index in [1.807, 2.05) is 25.2 Å². The van der Waals surface area contributed by atoms with Gasteiger partial charge in [0, 0.05) is 36.8 Å². The molecule has 1 aliphatic heterocycles. The van der Waals surface area contributed by atoms with E-state index in [9.17, 15) is 4.79 Å². The minimum atomic E-state index is 0.0179. The number of ether oxygens (including phenoxy) is 1. The van der Waals surface area contributed by atoms with E-state index >= 15 is 0 Å². The van der Waals surface area contributed by atoms with E-state index in [-0.39, 0.29) is 17.9 Å². The zero-order valence-corrected chi connectivity index (χ0v) is 21.0. The number of anilines is 3. The van der Waals surface area contributed by atoms with Gasteiger partial charge in [-0.05, 0) is 43.9 Å². The van der Waals surface area contributed by atoms with Crippen molar-refractivity contribution in [3.8, 4) is 0 Å². The molecule has 1 aliphatic carbocycles. The number of benzene rings is 1. The summed E-state index contributed by atoms with van der Waals surface area (Å²) in [4.78, 5) is 28.8. The number of rotatable bonds is 4. The topological polar surface area (TPSA) is 99.3 Å². The summed E-state index contributed by atoms with van der Waals surface area (Å²) >= 11 is 1.70. The third-order valence-corrected chi connectivity index (χ3v) is 8.30. The third-order valence-electron chi connectivity index (χ3n) is 7.14. The summed E-state index contributed by atoms with van der Waals surface area (Å²) in [5, 5.41) is 12.9. The van der Waals surface area contributed by atoms with Gasteiger partial charge in [-0.15, -0.1) is 11.3 Å². The van der Waals surface area contributed by atoms with E-state index in [1.165, 1.54) is 10.4 Å². The maximum atomic E-state index is 13.3. The van der Waals surface area contributed by atoms with E-state index in [0.29, 0.717) is 19.8 Å². The highest BCUT2D eigenvalue weighted by molar-refractivity contribution is 7.19. The van der Waals surface area contributed by atoms with Crippen LogP contribution in [0.15, 0.2) is 24.7 Å². The summed E-state index contributed by atoms with van der Waals surface area (Å²) in [5.74, 6) is 1.09. The Labute approximate surface area is 207 Å². The number of nitrogens with zero attached hydrogens (tertiary/aromatic N) is 5. The van der Waals surface area contributed by atoms with Gasteiger partial charge in [0.15, 0.2) is 0 Å². The van der Waals surface area contributed by atoms with E-state index < -0.39 is 0 Å². The van der Waals surface area contributed by atoms with E-state index in [2.05, 4.69) is 49.4 Å². The Morgan fingerprint density at radius 3 is 3.03 bits per heavy atom. The molecule has 4 heterocycles. The van der Waals surface area contributed by atoms with E-state index in [1.54, 1.807) is 17.7 Å². The molecule has 2 aliphatic rings. The van der Waals surface area contributed by atoms with E-state index in [4.69, 9.17) is 4.74 Å². The summed E-state index contributed by atoms with van der Waals surface area (Å²) in [6.07, 6.45) is 5.92. The second-order valence-corrected chi connectivity index (χ2v) is 10.7. The summed E-state index contributed by atoms with van der Waals surface area (Å²) in [6.45, 7) is 4.00. The number of fused-ring (bicyclic) bond motifs is 4. The Kier molecular flexibility index (Phi) is 5.57. The van der Waals surface area contributed by atoms with Gasteiger partial charge in [-0.3, -0.25) is 9.89 Å². The number of aromatic nitrogens is 4. The van der Waals surface area contributed by atoms with Crippen LogP contribution in [0, 0.1) is 5.92 Å². The first-order chi connectivity index (χ1) is 17.0. The normalized spacial score (nSPS) is 20.3. The largest absolute Gasteiger partial charge is 0.377 e. The lowest BCUT2D eigenvalue weighted by Gasteiger charge is -2.36. The predicted octanol–water partition coefficient (Wildman–Crippen LogP) is 3.73. The fraction of sp³-hybridized carbons (Fsp3) is 0.440. The minimum Gasteiger partial charge on any atom is -0.377 e. The first kappa shape index (κ1) is 22.2. The van der Waals surface area contributed by atoms with Crippen molar-refractivity contribution in [2.75, 3.05) is 44.1 Å². The molecule has 6 rings (SSSR count). The van der Waals surface area contributed by atoms with Gasteiger partial charge in [-0.25, -0.2) is 9.97 Å². The molecule has 0 bridgehead atoms. The quantitative estimate of drug-likeness (QED) is 0.449. The Bertz CT molecular complexity index is 1410. The van der Waals surface area contributed by atoms with Crippen LogP contribution < -0.4 is 10.2 Å². The maximum absolute atomic E-state index is 13.3. The van der Waals surface area contributed by atoms with Crippen LogP contribution in [0.4, 0.5) is 17.2 Å². The average molecular weight is 492 g/mol. The van der Waals surface area contributed by atoms with Gasteiger partial charge in [-0.2, -0.15) is 5.10 Å². The van der Waals surface area contributed by atoms with Crippen molar-refractivity contribution in [1.82, 2.24) is 25.1 Å². The number of carbonyl (C=O) groups excluding carboxylic acids is 1. The maximum Gasteiger partial charge on any atom is 0.226 e. The number of morpholine rings is 1. The number of aromatic amines is 1. The molecule has 1 aromatic carbocycles. The molecule has 1 amide bonds. The molecule has 2 unspecified atom stereocenters. The fourth-order valence-electron chi connectivity index (χ4n) is 5.28. The molecular weight excluding hydrogens is 462 g/mol. The molecule has 4 aromatic rings. The van der Waals surface area contributed by atoms with Crippen LogP contribution in [0.5, 0.6) is 0 Å². The zero-order valence-electron chi connectivity index (χ0n) is 20.2. The zero-order chi connectivity index (χ0) is 24.1. The van der Waals surface area contributed by atoms with Gasteiger partial charge in [0.1, 0.15) is 17.0 Å². The molecule has 0 saturated carbocycles. The lowest BCUT2D eigenvalue weighted by molar-refractivity contribution is -0.143. The smallest absolute Gasteiger partial charge is 0.226 e. The number of thiophene rings is 1. The van der Waals surface area contributed by atoms with Gasteiger partial charge in [0.25, 0.3) is 0 Å². The Balaban J connectivity index is 1.33. The van der Waals surface area contributed by atoms with Crippen molar-refractivity contribution in [2.24, 2.45) is 5.92 Å². The molecule has 1 saturated heterocycles. The Morgan fingerprint density at radius 1 is 1.31 bits per heavy atom. The second-order valence-electron chi connectivity index (χ2n) is 9.65. The van der Waals surface area contributed by atoms with Crippen molar-refractivity contribution < 1.29 is 9.53 Å². The lowest BCUT2D eigenvalue weighted by Crippen LogP contribution is -2.50. The van der Waals surface area contributed by atoms with Crippen molar-refractivity contribution in [3.63, 3.8) is 0 Å². The SMILES string of the molecule is CC1COCCN1C(=O)C1CCc2c(sc3ncnc(Nc4cc5cn[nH]c5cc4N(C)C)c23)C1. The van der Waals surface area contributed by atoms with Gasteiger partial charge >= 0.3 is 0 Å². The molecule has 9 nitrogen and oxygen atoms in total. The molecule has 0 spiro atoms. The number of nitrogens with one attached hydrogen (secondary N) is 2. The molecule has 1 fully saturated rings. The highest BCUT2D eigenvalue weighted by Gasteiger charge is 2.34. The van der Waals surface area contributed by atoms with Crippen molar-refractivity contribution in [1.29, 1.82) is 0 Å². The van der Waals surface area contributed by atoms with Crippen LogP contribution in [0.25, 0.3) is 21.1 Å². The number of amides is 1. The number of hydrogen-bond donors (Lipinski definition) is 2. The van der Waals surface area contributed by atoms with Crippen LogP contribution in [-0.2, 0) is 22.4 Å². The van der Waals surface area contributed by atoms with Gasteiger partial charge in [-0.1, -0.05) is 0 Å². The predicted molar refractivity (Wildman–Crippen MR) is 139 cm³/mol. The number of H-pyrrole nitrogens is 1. The summed E-state index contributed by atoms with van der Waals surface area (Å²) in [7, 11) is 4.05. The number of aryl methyl sites for hydroxylation is 1. The first-order valence-corrected chi connectivity index (χ1v) is 12.9. The Morgan fingerprint density at radius 2 is 2.20 bits per heavy atom. The Hall–Kier alpha value is -3.24. The number of carbonyl (C=O) groups is 1. The van der Waals surface area contributed by atoms with Crippen LogP contribution in [0.2, 0.25) is 0 Å². The second kappa shape index (κ2) is 8.76. The highest BCUT2D eigenvalue weighted by atomic mass is 32.1. The molecular formula is C25H29N7O2S. The van der Waals surface area contributed by atoms with Crippen LogP contribution in [-0.4, -0.2) is 70.9 Å². The fourth-order valence-corrected chi connectivity index (χ4v) is 6.55. The first-order valence-electron chi connectivity index (χ1n) is 12.0. The van der Waals surface area contributed by atoms with Crippen LogP contribution in [0.3, 0.4) is 0 Å². The monoisotopic (exact) mass is 491 g/mol. The molecule has 182 valence electrons. The molecule has 35 heavy (non-hydrogen) atoms. The van der Waals surface area contributed by atoms with Crippen LogP contribution in [0.1, 0.15) is 23.8 Å². The molecule has 3 aromatic heterocycles. The van der Waals surface area contributed by atoms with Gasteiger partial charge in [0.05, 0.1) is 47.7 Å². The van der Waals surface area contributed by atoms with Crippen molar-refractivity contribution in [3.05, 3.63) is 35.1 Å². The minimum absolute atomic E-state index is 0.0179. The molecule has 0 radical (unpaired) electrons. The van der Waals surface area contributed by atoms with Crippen molar-refractivity contribution in [2.45, 2.75) is 32.2 Å². The average Bonchev–Trinajstić information content (AvgIpc) is 3.47. The molecule has 2 atom stereocenters. The van der Waals surface area contributed by atoms with Crippen molar-refractivity contribution >= 4 is 55.6 Å². The van der Waals surface area contributed by atoms with Gasteiger partial charge < -0.3 is 19.9 Å². The summed E-state index contributed by atoms with van der Waals surface area (Å²) < 4.78 is 5.53. The molecule has 10 heteroatoms. The standard InChI is InChI=1S/C25H29N7O2S/c1-14-12-34-7-6-32(14)25(33)15-4-5-17-21(9-15)35-24-22(17)23(26-13-27-24)29-19-8-16-11-28-30-18(16)10-20(19)31(2)3/h8,10-11,13-15H,4-7,9,12H2,1-3H3,(H,28,30)(H,26,27,29). The summed E-state index contributed by atoms with van der Waals surface area (Å²) in [6, 6.07) is 4.33. The van der Waals surface area contributed by atoms with Crippen LogP contribution >= 0.6 is 11.3 Å². The third kappa shape index (κ3) is 3.90. The summed E-state index contributed by atoms with van der Waals surface area (Å²) in [5.41, 5.74) is 4.28. The number of hydrogen-bond acceptors (Lipinski definition) is 8. The van der Waals surface area contributed by atoms with E-state index in [0.717, 1.165) is 57.6 Å². The molecule has 2 N–H and O–H groups in total.